The highest BCUT2D eigenvalue weighted by atomic mass is 35.5. The summed E-state index contributed by atoms with van der Waals surface area (Å²) in [6.45, 7) is 0.00858. The summed E-state index contributed by atoms with van der Waals surface area (Å²) in [6, 6.07) is 21.7. The van der Waals surface area contributed by atoms with Gasteiger partial charge in [0.1, 0.15) is 16.5 Å². The van der Waals surface area contributed by atoms with Crippen molar-refractivity contribution in [3.63, 3.8) is 0 Å². The molecule has 0 amide bonds. The summed E-state index contributed by atoms with van der Waals surface area (Å²) in [5.41, 5.74) is -3.60. The molecule has 0 saturated carbocycles. The van der Waals surface area contributed by atoms with E-state index in [1.807, 2.05) is 0 Å². The van der Waals surface area contributed by atoms with E-state index in [-0.39, 0.29) is 11.6 Å². The fourth-order valence-electron chi connectivity index (χ4n) is 4.14. The van der Waals surface area contributed by atoms with E-state index in [1.165, 1.54) is 35.3 Å². The molecule has 0 saturated heterocycles. The van der Waals surface area contributed by atoms with Crippen LogP contribution < -0.4 is 9.54 Å². The molecule has 4 aromatic carbocycles. The summed E-state index contributed by atoms with van der Waals surface area (Å²) >= 11 is 19.5. The minimum Gasteiger partial charge on any atom is -0.465 e. The number of esters is 1. The minimum atomic E-state index is -5.82. The summed E-state index contributed by atoms with van der Waals surface area (Å²) in [5, 5.41) is 5.32. The number of alkyl halides is 2. The number of hydrogen-bond acceptors (Lipinski definition) is 7. The largest absolute Gasteiger partial charge is 0.465 e. The van der Waals surface area contributed by atoms with E-state index in [4.69, 9.17) is 59.2 Å². The van der Waals surface area contributed by atoms with Crippen molar-refractivity contribution in [2.75, 3.05) is 7.11 Å². The fraction of sp³-hybridized carbons (Fsp3) is 0.100. The van der Waals surface area contributed by atoms with Crippen molar-refractivity contribution in [1.29, 1.82) is 0 Å². The molecule has 0 aliphatic heterocycles. The monoisotopic (exact) mass is 725 g/mol. The van der Waals surface area contributed by atoms with Crippen molar-refractivity contribution >= 4 is 65.4 Å². The van der Waals surface area contributed by atoms with Gasteiger partial charge in [0.2, 0.25) is 4.80 Å². The molecule has 9 nitrogen and oxygen atoms in total. The number of hydrogen-bond donors (Lipinski definition) is 2. The van der Waals surface area contributed by atoms with Gasteiger partial charge < -0.3 is 19.3 Å². The van der Waals surface area contributed by atoms with Gasteiger partial charge in [-0.05, 0) is 60.2 Å². The van der Waals surface area contributed by atoms with Gasteiger partial charge in [0.05, 0.1) is 45.5 Å². The zero-order valence-electron chi connectivity index (χ0n) is 23.4. The SMILES string of the molecule is COC(=O)c1cccc(Oc2cccc(-c3nn(Cc4ccc(C(F)(F)P(=O)(O)O)c(Cl)c4)c(=Nc4ccc(Cl)c(Cl)c4)s3)c2)c1. The van der Waals surface area contributed by atoms with Crippen molar-refractivity contribution in [2.24, 2.45) is 4.99 Å². The molecule has 16 heteroatoms. The number of halogens is 5. The number of carbonyl (C=O) groups excluding carboxylic acids is 1. The van der Waals surface area contributed by atoms with E-state index in [1.54, 1.807) is 66.7 Å². The van der Waals surface area contributed by atoms with Crippen LogP contribution in [-0.4, -0.2) is 32.6 Å². The smallest absolute Gasteiger partial charge is 0.399 e. The van der Waals surface area contributed by atoms with Gasteiger partial charge in [0.15, 0.2) is 0 Å². The molecule has 0 atom stereocenters. The van der Waals surface area contributed by atoms with Gasteiger partial charge in [-0.2, -0.15) is 13.9 Å². The molecule has 238 valence electrons. The van der Waals surface area contributed by atoms with Crippen LogP contribution in [0, 0.1) is 0 Å². The van der Waals surface area contributed by atoms with Crippen molar-refractivity contribution < 1.29 is 37.4 Å². The summed E-state index contributed by atoms with van der Waals surface area (Å²) in [7, 11) is -4.53. The van der Waals surface area contributed by atoms with Gasteiger partial charge in [0.25, 0.3) is 0 Å². The summed E-state index contributed by atoms with van der Waals surface area (Å²) < 4.78 is 52.4. The van der Waals surface area contributed by atoms with Crippen molar-refractivity contribution in [3.05, 3.63) is 121 Å². The lowest BCUT2D eigenvalue weighted by Gasteiger charge is -2.19. The molecular weight excluding hydrogens is 706 g/mol. The average Bonchev–Trinajstić information content (AvgIpc) is 3.40. The van der Waals surface area contributed by atoms with Crippen LogP contribution in [0.2, 0.25) is 15.1 Å². The molecule has 5 rings (SSSR count). The Balaban J connectivity index is 1.52. The van der Waals surface area contributed by atoms with Gasteiger partial charge >= 0.3 is 19.2 Å². The van der Waals surface area contributed by atoms with Gasteiger partial charge in [-0.3, -0.25) is 4.57 Å². The maximum atomic E-state index is 14.4. The number of ether oxygens (including phenoxy) is 2. The first-order valence-electron chi connectivity index (χ1n) is 13.0. The number of nitrogens with zero attached hydrogens (tertiary/aromatic N) is 3. The zero-order chi connectivity index (χ0) is 33.2. The Morgan fingerprint density at radius 3 is 2.35 bits per heavy atom. The normalized spacial score (nSPS) is 12.3. The van der Waals surface area contributed by atoms with Gasteiger partial charge in [-0.25, -0.2) is 14.5 Å². The van der Waals surface area contributed by atoms with Crippen molar-refractivity contribution in [2.45, 2.75) is 12.2 Å². The third-order valence-electron chi connectivity index (χ3n) is 6.38. The van der Waals surface area contributed by atoms with Crippen LogP contribution in [0.1, 0.15) is 21.5 Å². The second-order valence-corrected chi connectivity index (χ2v) is 13.4. The first-order valence-corrected chi connectivity index (χ1v) is 16.6. The van der Waals surface area contributed by atoms with Crippen LogP contribution >= 0.6 is 53.7 Å². The van der Waals surface area contributed by atoms with Crippen LogP contribution in [0.25, 0.3) is 10.6 Å². The third kappa shape index (κ3) is 7.50. The second-order valence-electron chi connectivity index (χ2n) is 9.61. The molecule has 0 radical (unpaired) electrons. The lowest BCUT2D eigenvalue weighted by Crippen LogP contribution is -2.18. The van der Waals surface area contributed by atoms with Crippen LogP contribution in [0.4, 0.5) is 14.5 Å². The molecule has 0 aliphatic carbocycles. The predicted molar refractivity (Wildman–Crippen MR) is 172 cm³/mol. The fourth-order valence-corrected chi connectivity index (χ4v) is 6.25. The average molecular weight is 727 g/mol. The molecule has 0 bridgehead atoms. The van der Waals surface area contributed by atoms with Crippen LogP contribution in [-0.2, 0) is 21.5 Å². The summed E-state index contributed by atoms with van der Waals surface area (Å²) in [4.78, 5) is 35.2. The molecule has 0 unspecified atom stereocenters. The van der Waals surface area contributed by atoms with Gasteiger partial charge in [-0.15, -0.1) is 0 Å². The Bertz CT molecular complexity index is 2070. The lowest BCUT2D eigenvalue weighted by atomic mass is 10.1. The summed E-state index contributed by atoms with van der Waals surface area (Å²) in [6.07, 6.45) is 0. The highest BCUT2D eigenvalue weighted by Gasteiger charge is 2.51. The number of rotatable bonds is 9. The van der Waals surface area contributed by atoms with Crippen molar-refractivity contribution in [3.8, 4) is 22.1 Å². The molecule has 1 aromatic heterocycles. The molecule has 0 aliphatic rings. The van der Waals surface area contributed by atoms with E-state index < -0.39 is 29.8 Å². The number of benzene rings is 4. The number of carbonyl (C=O) groups is 1. The van der Waals surface area contributed by atoms with Crippen LogP contribution in [0.5, 0.6) is 11.5 Å². The molecule has 0 fully saturated rings. The Hall–Kier alpha value is -3.61. The van der Waals surface area contributed by atoms with E-state index in [9.17, 15) is 18.1 Å². The first kappa shape index (κ1) is 33.7. The Labute approximate surface area is 279 Å². The topological polar surface area (TPSA) is 123 Å². The highest BCUT2D eigenvalue weighted by molar-refractivity contribution is 7.52. The van der Waals surface area contributed by atoms with E-state index >= 15 is 0 Å². The highest BCUT2D eigenvalue weighted by Crippen LogP contribution is 2.60. The minimum absolute atomic E-state index is 0.00858. The molecule has 5 aromatic rings. The maximum absolute atomic E-state index is 14.4. The molecule has 1 heterocycles. The summed E-state index contributed by atoms with van der Waals surface area (Å²) in [5.74, 6) is 0.364. The van der Waals surface area contributed by atoms with Crippen LogP contribution in [0.3, 0.4) is 0 Å². The molecule has 46 heavy (non-hydrogen) atoms. The number of methoxy groups -OCH3 is 1. The zero-order valence-corrected chi connectivity index (χ0v) is 27.4. The van der Waals surface area contributed by atoms with Crippen molar-refractivity contribution in [1.82, 2.24) is 9.78 Å². The quantitative estimate of drug-likeness (QED) is 0.115. The second kappa shape index (κ2) is 13.6. The van der Waals surface area contributed by atoms with E-state index in [0.717, 1.165) is 6.07 Å². The molecular formula is C30H21Cl3F2N3O6PS. The Morgan fingerprint density at radius 1 is 0.957 bits per heavy atom. The van der Waals surface area contributed by atoms with Gasteiger partial charge in [0, 0.05) is 5.56 Å². The standard InChI is InChI=1S/C30H21Cl3F2N3O6PS/c1-43-28(39)19-5-3-7-22(14-19)44-21-6-2-4-18(13-21)27-37-38(29(46-27)36-20-9-11-24(31)26(33)15-20)16-17-8-10-23(25(32)12-17)30(34,35)45(40,41)42/h2-15H,16H2,1H3,(H2,40,41,42). The Morgan fingerprint density at radius 2 is 1.67 bits per heavy atom. The molecule has 0 spiro atoms. The number of aromatic nitrogens is 2. The predicted octanol–water partition coefficient (Wildman–Crippen LogP) is 8.66. The Kier molecular flexibility index (Phi) is 10.00. The van der Waals surface area contributed by atoms with E-state index in [2.05, 4.69) is 4.99 Å². The lowest BCUT2D eigenvalue weighted by molar-refractivity contribution is 0.0565. The van der Waals surface area contributed by atoms with Crippen LogP contribution in [0.15, 0.2) is 89.9 Å². The van der Waals surface area contributed by atoms with E-state index in [0.29, 0.717) is 48.7 Å². The first-order chi connectivity index (χ1) is 21.7. The third-order valence-corrected chi connectivity index (χ3v) is 9.40. The maximum Gasteiger partial charge on any atom is 0.399 e. The molecule has 2 N–H and O–H groups in total. The van der Waals surface area contributed by atoms with Gasteiger partial charge in [-0.1, -0.05) is 76.5 Å².